The highest BCUT2D eigenvalue weighted by Gasteiger charge is 2.37. The number of aliphatic hydroxyl groups is 1. The van der Waals surface area contributed by atoms with Crippen LogP contribution in [-0.4, -0.2) is 52.6 Å². The van der Waals surface area contributed by atoms with Crippen molar-refractivity contribution in [2.24, 2.45) is 0 Å². The summed E-state index contributed by atoms with van der Waals surface area (Å²) in [7, 11) is -3.19. The topological polar surface area (TPSA) is 76.0 Å². The number of unbranched alkanes of at least 4 members (excludes halogenated alkanes) is 2. The molecule has 7 heteroatoms. The summed E-state index contributed by atoms with van der Waals surface area (Å²) in [4.78, 5) is 10.6. The number of rotatable bonds is 16. The first-order chi connectivity index (χ1) is 19.9. The highest BCUT2D eigenvalue weighted by atomic mass is 28.4. The van der Waals surface area contributed by atoms with Gasteiger partial charge in [0.15, 0.2) is 16.6 Å². The number of hydrogen-bond acceptors (Lipinski definition) is 4. The Bertz CT molecular complexity index is 1050. The van der Waals surface area contributed by atoms with Crippen LogP contribution in [0.1, 0.15) is 89.5 Å². The van der Waals surface area contributed by atoms with Gasteiger partial charge < -0.3 is 19.1 Å². The van der Waals surface area contributed by atoms with E-state index in [1.807, 2.05) is 24.3 Å². The normalized spacial score (nSPS) is 12.5. The Hall–Kier alpha value is -1.78. The number of aryl methyl sites for hydroxylation is 2. The molecule has 0 aliphatic heterocycles. The van der Waals surface area contributed by atoms with Gasteiger partial charge in [-0.25, -0.2) is 0 Å². The number of hydrogen-bond donors (Lipinski definition) is 2. The first kappa shape index (κ1) is 39.2. The molecule has 0 atom stereocenters. The zero-order valence-electron chi connectivity index (χ0n) is 29.0. The molecule has 2 N–H and O–H groups in total. The Labute approximate surface area is 265 Å². The summed E-state index contributed by atoms with van der Waals surface area (Å²) < 4.78 is 12.4. The van der Waals surface area contributed by atoms with Gasteiger partial charge >= 0.3 is 5.97 Å². The Morgan fingerprint density at radius 3 is 1.23 bits per heavy atom. The van der Waals surface area contributed by atoms with Gasteiger partial charge in [0.2, 0.25) is 0 Å². The van der Waals surface area contributed by atoms with Gasteiger partial charge in [0.25, 0.3) is 0 Å². The van der Waals surface area contributed by atoms with E-state index in [2.05, 4.69) is 92.0 Å². The van der Waals surface area contributed by atoms with Crippen molar-refractivity contribution in [2.75, 3.05) is 19.8 Å². The summed E-state index contributed by atoms with van der Waals surface area (Å²) in [6.45, 7) is 24.8. The quantitative estimate of drug-likeness (QED) is 0.143. The van der Waals surface area contributed by atoms with E-state index in [-0.39, 0.29) is 18.1 Å². The molecule has 0 aromatic heterocycles. The molecule has 0 saturated heterocycles. The highest BCUT2D eigenvalue weighted by Crippen LogP contribution is 2.37. The zero-order chi connectivity index (χ0) is 32.7. The van der Waals surface area contributed by atoms with Crippen LogP contribution in [0.2, 0.25) is 36.3 Å². The molecule has 43 heavy (non-hydrogen) atoms. The van der Waals surface area contributed by atoms with Crippen molar-refractivity contribution in [3.05, 3.63) is 70.8 Å². The third kappa shape index (κ3) is 15.7. The minimum Gasteiger partial charge on any atom is -0.481 e. The van der Waals surface area contributed by atoms with E-state index in [0.717, 1.165) is 57.3 Å². The fraction of sp³-hybridized carbons (Fsp3) is 0.639. The lowest BCUT2D eigenvalue weighted by Crippen LogP contribution is -2.40. The van der Waals surface area contributed by atoms with E-state index >= 15 is 0 Å². The SMILES string of the molecule is CC(C)(C)[Si](C)(C)OCCCCc1ccc(CC(=O)O)cc1.CC(C)(C)[Si](C)(C)OCCCCc1ccc(CCO)cc1. The summed E-state index contributed by atoms with van der Waals surface area (Å²) in [5.74, 6) is -0.782. The molecule has 0 unspecified atom stereocenters. The van der Waals surface area contributed by atoms with Crippen molar-refractivity contribution >= 4 is 22.6 Å². The second-order valence-electron chi connectivity index (χ2n) is 14.8. The molecule has 0 radical (unpaired) electrons. The van der Waals surface area contributed by atoms with E-state index in [1.165, 1.54) is 23.1 Å². The second kappa shape index (κ2) is 18.3. The molecule has 0 aliphatic rings. The smallest absolute Gasteiger partial charge is 0.307 e. The third-order valence-electron chi connectivity index (χ3n) is 9.06. The number of benzene rings is 2. The Balaban J connectivity index is 0.000000430. The van der Waals surface area contributed by atoms with Gasteiger partial charge in [-0.3, -0.25) is 4.79 Å². The van der Waals surface area contributed by atoms with E-state index in [9.17, 15) is 4.79 Å². The molecule has 0 heterocycles. The largest absolute Gasteiger partial charge is 0.481 e. The van der Waals surface area contributed by atoms with Crippen molar-refractivity contribution < 1.29 is 23.9 Å². The Morgan fingerprint density at radius 1 is 0.605 bits per heavy atom. The van der Waals surface area contributed by atoms with E-state index in [1.54, 1.807) is 0 Å². The van der Waals surface area contributed by atoms with Crippen LogP contribution < -0.4 is 0 Å². The molecule has 0 fully saturated rings. The van der Waals surface area contributed by atoms with E-state index < -0.39 is 22.6 Å². The maximum atomic E-state index is 10.6. The van der Waals surface area contributed by atoms with Crippen LogP contribution in [0.15, 0.2) is 48.5 Å². The van der Waals surface area contributed by atoms with Crippen LogP contribution in [0.25, 0.3) is 0 Å². The Morgan fingerprint density at radius 2 is 0.930 bits per heavy atom. The van der Waals surface area contributed by atoms with E-state index in [4.69, 9.17) is 19.1 Å². The molecule has 0 amide bonds. The van der Waals surface area contributed by atoms with Gasteiger partial charge in [-0.15, -0.1) is 0 Å². The van der Waals surface area contributed by atoms with Gasteiger partial charge in [0.05, 0.1) is 6.42 Å². The molecule has 244 valence electrons. The first-order valence-electron chi connectivity index (χ1n) is 16.1. The molecule has 0 saturated carbocycles. The number of aliphatic hydroxyl groups excluding tert-OH is 1. The predicted molar refractivity (Wildman–Crippen MR) is 187 cm³/mol. The van der Waals surface area contributed by atoms with Crippen LogP contribution in [0, 0.1) is 0 Å². The number of carboxylic acids is 1. The Kier molecular flexibility index (Phi) is 16.7. The summed E-state index contributed by atoms with van der Waals surface area (Å²) in [5, 5.41) is 18.2. The number of carboxylic acid groups (broad SMARTS) is 1. The van der Waals surface area contributed by atoms with E-state index in [0.29, 0.717) is 5.04 Å². The minimum atomic E-state index is -1.61. The first-order valence-corrected chi connectivity index (χ1v) is 22.0. The molecule has 2 rings (SSSR count). The minimum absolute atomic E-state index is 0.0979. The molecule has 5 nitrogen and oxygen atoms in total. The van der Waals surface area contributed by atoms with Crippen molar-refractivity contribution in [1.82, 2.24) is 0 Å². The standard InChI is InChI=1S/C18H30O3Si.C18H32O2Si/c1-18(2,3)22(4,5)21-13-7-6-8-15-9-11-16(12-10-15)14-17(19)20;1-18(2,3)21(4,5)20-15-7-6-8-16-9-11-17(12-10-16)13-14-19/h9-12H,6-8,13-14H2,1-5H3,(H,19,20);9-12,19H,6-8,13-15H2,1-5H3. The van der Waals surface area contributed by atoms with Crippen LogP contribution in [-0.2, 0) is 39.3 Å². The summed E-state index contributed by atoms with van der Waals surface area (Å²) >= 11 is 0. The van der Waals surface area contributed by atoms with Gasteiger partial charge in [-0.2, -0.15) is 0 Å². The lowest BCUT2D eigenvalue weighted by Gasteiger charge is -2.36. The van der Waals surface area contributed by atoms with Crippen LogP contribution in [0.4, 0.5) is 0 Å². The van der Waals surface area contributed by atoms with Gasteiger partial charge in [0, 0.05) is 19.8 Å². The fourth-order valence-corrected chi connectivity index (χ4v) is 6.13. The average molecular weight is 631 g/mol. The molecule has 0 aliphatic carbocycles. The van der Waals surface area contributed by atoms with Gasteiger partial charge in [-0.05, 0) is 103 Å². The molecule has 2 aromatic rings. The molecule has 2 aromatic carbocycles. The van der Waals surface area contributed by atoms with Crippen molar-refractivity contribution in [3.63, 3.8) is 0 Å². The summed E-state index contributed by atoms with van der Waals surface area (Å²) in [5.41, 5.74) is 4.71. The predicted octanol–water partition coefficient (Wildman–Crippen LogP) is 9.22. The maximum absolute atomic E-state index is 10.6. The highest BCUT2D eigenvalue weighted by molar-refractivity contribution is 6.74. The lowest BCUT2D eigenvalue weighted by atomic mass is 10.0. The van der Waals surface area contributed by atoms with Crippen LogP contribution in [0.3, 0.4) is 0 Å². The van der Waals surface area contributed by atoms with Crippen molar-refractivity contribution in [1.29, 1.82) is 0 Å². The van der Waals surface area contributed by atoms with Crippen molar-refractivity contribution in [3.8, 4) is 0 Å². The van der Waals surface area contributed by atoms with Gasteiger partial charge in [-0.1, -0.05) is 90.1 Å². The maximum Gasteiger partial charge on any atom is 0.307 e. The molecule has 0 spiro atoms. The second-order valence-corrected chi connectivity index (χ2v) is 24.4. The molecular formula is C36H62O5Si2. The van der Waals surface area contributed by atoms with Crippen molar-refractivity contribution in [2.45, 2.75) is 129 Å². The number of carbonyl (C=O) groups is 1. The fourth-order valence-electron chi connectivity index (χ4n) is 3.95. The monoisotopic (exact) mass is 630 g/mol. The van der Waals surface area contributed by atoms with Gasteiger partial charge in [0.1, 0.15) is 0 Å². The summed E-state index contributed by atoms with van der Waals surface area (Å²) in [6, 6.07) is 16.5. The van der Waals surface area contributed by atoms with Crippen LogP contribution >= 0.6 is 0 Å². The lowest BCUT2D eigenvalue weighted by molar-refractivity contribution is -0.136. The molecule has 0 bridgehead atoms. The average Bonchev–Trinajstić information content (AvgIpc) is 2.89. The third-order valence-corrected chi connectivity index (χ3v) is 18.1. The molecular weight excluding hydrogens is 569 g/mol. The van der Waals surface area contributed by atoms with Crippen LogP contribution in [0.5, 0.6) is 0 Å². The zero-order valence-corrected chi connectivity index (χ0v) is 31.0. The summed E-state index contributed by atoms with van der Waals surface area (Å²) in [6.07, 6.45) is 7.46. The number of aliphatic carboxylic acids is 1.